The van der Waals surface area contributed by atoms with Crippen LogP contribution in [0.15, 0.2) is 122 Å². The third-order valence-electron chi connectivity index (χ3n) is 9.84. The lowest BCUT2D eigenvalue weighted by Crippen LogP contribution is -2.30. The summed E-state index contributed by atoms with van der Waals surface area (Å²) in [5, 5.41) is 0. The van der Waals surface area contributed by atoms with Gasteiger partial charge in [-0.05, 0) is 89.9 Å². The minimum absolute atomic E-state index is 0.106. The molecule has 0 rings (SSSR count). The second-order valence-corrected chi connectivity index (χ2v) is 15.8. The SMILES string of the molecule is CC\C=C/C=C\C=C/C=C\C=C\C=C/CCCCCC(=O)OCC(COC(=O)CCCCCCC/C=C\CCCC)OC(=O)CCCCCCCC/C=C\C/C=C\C/C=C\CC. The molecular formula is C56H88O6. The van der Waals surface area contributed by atoms with E-state index in [0.717, 1.165) is 116 Å². The van der Waals surface area contributed by atoms with E-state index >= 15 is 0 Å². The molecule has 0 aliphatic rings. The Kier molecular flexibility index (Phi) is 46.1. The maximum absolute atomic E-state index is 12.8. The fourth-order valence-corrected chi connectivity index (χ4v) is 6.17. The van der Waals surface area contributed by atoms with Crippen molar-refractivity contribution in [2.45, 2.75) is 200 Å². The van der Waals surface area contributed by atoms with Crippen LogP contribution in [-0.4, -0.2) is 37.2 Å². The van der Waals surface area contributed by atoms with Gasteiger partial charge in [0.25, 0.3) is 0 Å². The number of allylic oxidation sites excluding steroid dienone is 20. The Hall–Kier alpha value is -4.19. The Labute approximate surface area is 380 Å². The summed E-state index contributed by atoms with van der Waals surface area (Å²) < 4.78 is 16.7. The standard InChI is InChI=1S/C56H88O6/c1-4-7-10-13-16-19-22-24-26-28-30-31-34-37-40-43-46-49-55(58)61-52-53(51-60-54(57)48-45-42-39-36-33-21-18-15-12-9-6-3)62-56(59)50-47-44-41-38-35-32-29-27-25-23-20-17-14-11-8-5-2/h7-8,10-11,13,15-20,22,24-28,30-31,34,53H,4-6,9,12,14,21,23,29,32-33,35-52H2,1-3H3/b10-7-,11-8-,16-13-,18-15-,20-17-,22-19-,26-24-,27-25-,30-28+,34-31-. The molecule has 0 amide bonds. The van der Waals surface area contributed by atoms with Crippen molar-refractivity contribution in [2.75, 3.05) is 13.2 Å². The number of esters is 3. The number of hydrogen-bond donors (Lipinski definition) is 0. The van der Waals surface area contributed by atoms with Gasteiger partial charge in [-0.15, -0.1) is 0 Å². The highest BCUT2D eigenvalue weighted by atomic mass is 16.6. The molecule has 0 radical (unpaired) electrons. The van der Waals surface area contributed by atoms with Gasteiger partial charge in [0, 0.05) is 19.3 Å². The van der Waals surface area contributed by atoms with Gasteiger partial charge in [-0.2, -0.15) is 0 Å². The second kappa shape index (κ2) is 49.5. The summed E-state index contributed by atoms with van der Waals surface area (Å²) in [4.78, 5) is 37.9. The molecule has 0 fully saturated rings. The van der Waals surface area contributed by atoms with Gasteiger partial charge in [0.05, 0.1) is 0 Å². The molecule has 0 aromatic heterocycles. The van der Waals surface area contributed by atoms with Crippen LogP contribution in [0.4, 0.5) is 0 Å². The van der Waals surface area contributed by atoms with E-state index in [-0.39, 0.29) is 31.1 Å². The summed E-state index contributed by atoms with van der Waals surface area (Å²) in [5.74, 6) is -0.984. The smallest absolute Gasteiger partial charge is 0.306 e. The average Bonchev–Trinajstić information content (AvgIpc) is 3.27. The number of carbonyl (C=O) groups excluding carboxylic acids is 3. The molecule has 0 saturated heterocycles. The number of unbranched alkanes of at least 4 members (excludes halogenated alkanes) is 16. The molecule has 0 aliphatic carbocycles. The van der Waals surface area contributed by atoms with Crippen LogP contribution in [0.5, 0.6) is 0 Å². The maximum atomic E-state index is 12.8. The summed E-state index contributed by atoms with van der Waals surface area (Å²) >= 11 is 0. The van der Waals surface area contributed by atoms with Crippen LogP contribution in [0, 0.1) is 0 Å². The lowest BCUT2D eigenvalue weighted by atomic mass is 10.1. The van der Waals surface area contributed by atoms with E-state index in [0.29, 0.717) is 19.3 Å². The first-order valence-electron chi connectivity index (χ1n) is 24.6. The molecule has 0 aliphatic heterocycles. The van der Waals surface area contributed by atoms with Crippen LogP contribution in [0.2, 0.25) is 0 Å². The zero-order valence-corrected chi connectivity index (χ0v) is 39.6. The molecule has 0 N–H and O–H groups in total. The zero-order chi connectivity index (χ0) is 45.1. The number of ether oxygens (including phenoxy) is 3. The number of hydrogen-bond acceptors (Lipinski definition) is 6. The maximum Gasteiger partial charge on any atom is 0.306 e. The van der Waals surface area contributed by atoms with E-state index in [4.69, 9.17) is 14.2 Å². The molecule has 0 saturated carbocycles. The van der Waals surface area contributed by atoms with Crippen LogP contribution in [0.25, 0.3) is 0 Å². The van der Waals surface area contributed by atoms with Crippen molar-refractivity contribution in [3.8, 4) is 0 Å². The van der Waals surface area contributed by atoms with Crippen molar-refractivity contribution >= 4 is 17.9 Å². The van der Waals surface area contributed by atoms with Gasteiger partial charge in [-0.3, -0.25) is 14.4 Å². The van der Waals surface area contributed by atoms with Crippen molar-refractivity contribution in [1.82, 2.24) is 0 Å². The van der Waals surface area contributed by atoms with Gasteiger partial charge >= 0.3 is 17.9 Å². The Bertz CT molecular complexity index is 1350. The second-order valence-electron chi connectivity index (χ2n) is 15.8. The van der Waals surface area contributed by atoms with E-state index in [1.54, 1.807) is 0 Å². The first kappa shape index (κ1) is 57.8. The summed E-state index contributed by atoms with van der Waals surface area (Å²) in [5.41, 5.74) is 0. The normalized spacial score (nSPS) is 13.1. The van der Waals surface area contributed by atoms with E-state index < -0.39 is 6.10 Å². The Balaban J connectivity index is 4.53. The Morgan fingerprint density at radius 2 is 0.710 bits per heavy atom. The molecule has 62 heavy (non-hydrogen) atoms. The van der Waals surface area contributed by atoms with Crippen molar-refractivity contribution in [3.63, 3.8) is 0 Å². The van der Waals surface area contributed by atoms with Crippen molar-refractivity contribution in [2.24, 2.45) is 0 Å². The van der Waals surface area contributed by atoms with Crippen molar-refractivity contribution in [1.29, 1.82) is 0 Å². The summed E-state index contributed by atoms with van der Waals surface area (Å²) in [7, 11) is 0. The monoisotopic (exact) mass is 857 g/mol. The number of carbonyl (C=O) groups is 3. The van der Waals surface area contributed by atoms with Gasteiger partial charge in [-0.25, -0.2) is 0 Å². The quantitative estimate of drug-likeness (QED) is 0.0200. The van der Waals surface area contributed by atoms with E-state index in [2.05, 4.69) is 81.5 Å². The molecule has 0 bridgehead atoms. The van der Waals surface area contributed by atoms with E-state index in [9.17, 15) is 14.4 Å². The van der Waals surface area contributed by atoms with Gasteiger partial charge in [0.2, 0.25) is 0 Å². The topological polar surface area (TPSA) is 78.9 Å². The summed E-state index contributed by atoms with van der Waals surface area (Å²) in [6, 6.07) is 0. The van der Waals surface area contributed by atoms with Gasteiger partial charge in [-0.1, -0.05) is 206 Å². The molecule has 6 heteroatoms. The predicted molar refractivity (Wildman–Crippen MR) is 265 cm³/mol. The van der Waals surface area contributed by atoms with E-state index in [1.165, 1.54) is 38.5 Å². The molecule has 0 heterocycles. The zero-order valence-electron chi connectivity index (χ0n) is 39.6. The Morgan fingerprint density at radius 1 is 0.355 bits per heavy atom. The van der Waals surface area contributed by atoms with E-state index in [1.807, 2.05) is 60.8 Å². The molecule has 1 atom stereocenters. The van der Waals surface area contributed by atoms with Crippen LogP contribution in [0.3, 0.4) is 0 Å². The summed E-state index contributed by atoms with van der Waals surface area (Å²) in [6.45, 7) is 6.26. The number of rotatable bonds is 42. The van der Waals surface area contributed by atoms with Gasteiger partial charge in [0.15, 0.2) is 6.10 Å². The fraction of sp³-hybridized carbons (Fsp3) is 0.589. The van der Waals surface area contributed by atoms with Crippen LogP contribution < -0.4 is 0 Å². The molecule has 0 aromatic rings. The third kappa shape index (κ3) is 46.9. The highest BCUT2D eigenvalue weighted by Gasteiger charge is 2.19. The third-order valence-corrected chi connectivity index (χ3v) is 9.84. The molecule has 1 unspecified atom stereocenters. The lowest BCUT2D eigenvalue weighted by Gasteiger charge is -2.18. The summed E-state index contributed by atoms with van der Waals surface area (Å²) in [6.07, 6.45) is 67.4. The van der Waals surface area contributed by atoms with Crippen LogP contribution >= 0.6 is 0 Å². The van der Waals surface area contributed by atoms with Crippen molar-refractivity contribution in [3.05, 3.63) is 122 Å². The lowest BCUT2D eigenvalue weighted by molar-refractivity contribution is -0.167. The first-order chi connectivity index (χ1) is 30.5. The molecule has 0 spiro atoms. The minimum atomic E-state index is -0.809. The van der Waals surface area contributed by atoms with Gasteiger partial charge < -0.3 is 14.2 Å². The van der Waals surface area contributed by atoms with Crippen LogP contribution in [-0.2, 0) is 28.6 Å². The molecule has 6 nitrogen and oxygen atoms in total. The van der Waals surface area contributed by atoms with Crippen molar-refractivity contribution < 1.29 is 28.6 Å². The van der Waals surface area contributed by atoms with Crippen LogP contribution in [0.1, 0.15) is 194 Å². The molecular weight excluding hydrogens is 769 g/mol. The predicted octanol–water partition coefficient (Wildman–Crippen LogP) is 16.1. The first-order valence-corrected chi connectivity index (χ1v) is 24.6. The largest absolute Gasteiger partial charge is 0.462 e. The Morgan fingerprint density at radius 3 is 1.21 bits per heavy atom. The average molecular weight is 857 g/mol. The van der Waals surface area contributed by atoms with Gasteiger partial charge in [0.1, 0.15) is 13.2 Å². The fourth-order valence-electron chi connectivity index (χ4n) is 6.17. The molecule has 0 aromatic carbocycles. The highest BCUT2D eigenvalue weighted by molar-refractivity contribution is 5.71. The minimum Gasteiger partial charge on any atom is -0.462 e. The highest BCUT2D eigenvalue weighted by Crippen LogP contribution is 2.13. The molecule has 348 valence electrons.